The van der Waals surface area contributed by atoms with Crippen molar-refractivity contribution in [1.82, 2.24) is 4.90 Å². The molecule has 1 rings (SSSR count). The molecule has 2 N–H and O–H groups in total. The van der Waals surface area contributed by atoms with Crippen LogP contribution in [0.4, 0.5) is 0 Å². The van der Waals surface area contributed by atoms with E-state index in [1.807, 2.05) is 0 Å². The van der Waals surface area contributed by atoms with Gasteiger partial charge in [0.1, 0.15) is 0 Å². The highest BCUT2D eigenvalue weighted by Crippen LogP contribution is 2.39. The Morgan fingerprint density at radius 1 is 1.33 bits per heavy atom. The lowest BCUT2D eigenvalue weighted by Crippen LogP contribution is -2.55. The minimum absolute atomic E-state index is 0.293. The molecule has 0 spiro atoms. The fourth-order valence-electron chi connectivity index (χ4n) is 3.48. The molecule has 0 aromatic heterocycles. The number of hydrogen-bond acceptors (Lipinski definition) is 2. The van der Waals surface area contributed by atoms with Crippen LogP contribution in [0.2, 0.25) is 0 Å². The summed E-state index contributed by atoms with van der Waals surface area (Å²) in [5, 5.41) is 0. The van der Waals surface area contributed by atoms with Gasteiger partial charge in [-0.05, 0) is 44.7 Å². The Hall–Kier alpha value is -0.0800. The topological polar surface area (TPSA) is 29.3 Å². The average Bonchev–Trinajstić information content (AvgIpc) is 2.38. The van der Waals surface area contributed by atoms with Crippen LogP contribution in [0.3, 0.4) is 0 Å². The summed E-state index contributed by atoms with van der Waals surface area (Å²) in [6.07, 6.45) is 9.34. The van der Waals surface area contributed by atoms with Crippen molar-refractivity contribution in [3.8, 4) is 0 Å². The number of hydrogen-bond donors (Lipinski definition) is 1. The van der Waals surface area contributed by atoms with Gasteiger partial charge in [-0.15, -0.1) is 0 Å². The number of nitrogens with zero attached hydrogens (tertiary/aromatic N) is 1. The fraction of sp³-hybridized carbons (Fsp3) is 1.00. The first-order valence-electron chi connectivity index (χ1n) is 7.97. The highest BCUT2D eigenvalue weighted by atomic mass is 15.2. The fourth-order valence-corrected chi connectivity index (χ4v) is 3.48. The Bertz CT molecular complexity index is 227. The SMILES string of the molecule is CCCCCN(C)C1(CN)CCCC(C(C)C)C1. The summed E-state index contributed by atoms with van der Waals surface area (Å²) >= 11 is 0. The molecule has 2 unspecified atom stereocenters. The lowest BCUT2D eigenvalue weighted by Gasteiger charge is -2.47. The lowest BCUT2D eigenvalue weighted by molar-refractivity contribution is 0.0440. The van der Waals surface area contributed by atoms with Crippen molar-refractivity contribution in [2.24, 2.45) is 17.6 Å². The summed E-state index contributed by atoms with van der Waals surface area (Å²) in [6.45, 7) is 9.06. The Balaban J connectivity index is 2.59. The van der Waals surface area contributed by atoms with E-state index >= 15 is 0 Å². The van der Waals surface area contributed by atoms with E-state index in [1.165, 1.54) is 51.5 Å². The van der Waals surface area contributed by atoms with Crippen molar-refractivity contribution in [2.45, 2.75) is 71.3 Å². The third-order valence-electron chi connectivity index (χ3n) is 5.09. The van der Waals surface area contributed by atoms with E-state index < -0.39 is 0 Å². The summed E-state index contributed by atoms with van der Waals surface area (Å²) in [7, 11) is 2.30. The molecule has 0 radical (unpaired) electrons. The molecule has 108 valence electrons. The van der Waals surface area contributed by atoms with Gasteiger partial charge in [-0.2, -0.15) is 0 Å². The first-order chi connectivity index (χ1) is 8.55. The van der Waals surface area contributed by atoms with Crippen LogP contribution < -0.4 is 5.73 Å². The Labute approximate surface area is 114 Å². The normalized spacial score (nSPS) is 29.2. The lowest BCUT2D eigenvalue weighted by atomic mass is 9.71. The van der Waals surface area contributed by atoms with Gasteiger partial charge in [-0.1, -0.05) is 46.5 Å². The molecule has 1 fully saturated rings. The summed E-state index contributed by atoms with van der Waals surface area (Å²) in [5.41, 5.74) is 6.46. The van der Waals surface area contributed by atoms with Gasteiger partial charge in [0.15, 0.2) is 0 Å². The third-order valence-corrected chi connectivity index (χ3v) is 5.09. The first-order valence-corrected chi connectivity index (χ1v) is 7.97. The van der Waals surface area contributed by atoms with Gasteiger partial charge < -0.3 is 5.73 Å². The van der Waals surface area contributed by atoms with Crippen LogP contribution in [0.1, 0.15) is 65.7 Å². The maximum Gasteiger partial charge on any atom is 0.0331 e. The number of rotatable bonds is 7. The van der Waals surface area contributed by atoms with Crippen LogP contribution in [0, 0.1) is 11.8 Å². The first kappa shape index (κ1) is 16.0. The number of unbranched alkanes of at least 4 members (excludes halogenated alkanes) is 2. The molecule has 18 heavy (non-hydrogen) atoms. The number of nitrogens with two attached hydrogens (primary N) is 1. The predicted molar refractivity (Wildman–Crippen MR) is 80.7 cm³/mol. The molecular weight excluding hydrogens is 220 g/mol. The van der Waals surface area contributed by atoms with Gasteiger partial charge in [-0.3, -0.25) is 4.90 Å². The van der Waals surface area contributed by atoms with E-state index in [4.69, 9.17) is 5.73 Å². The van der Waals surface area contributed by atoms with E-state index in [1.54, 1.807) is 0 Å². The second kappa shape index (κ2) is 7.49. The Morgan fingerprint density at radius 2 is 2.06 bits per heavy atom. The predicted octanol–water partition coefficient (Wildman–Crippen LogP) is 3.65. The molecule has 0 aromatic carbocycles. The molecule has 0 saturated heterocycles. The Morgan fingerprint density at radius 3 is 2.61 bits per heavy atom. The third kappa shape index (κ3) is 3.96. The summed E-state index contributed by atoms with van der Waals surface area (Å²) in [6, 6.07) is 0. The van der Waals surface area contributed by atoms with Crippen LogP contribution >= 0.6 is 0 Å². The molecule has 0 aliphatic heterocycles. The van der Waals surface area contributed by atoms with E-state index in [0.717, 1.165) is 18.4 Å². The van der Waals surface area contributed by atoms with Gasteiger partial charge in [0.25, 0.3) is 0 Å². The van der Waals surface area contributed by atoms with Gasteiger partial charge in [0.2, 0.25) is 0 Å². The zero-order valence-electron chi connectivity index (χ0n) is 13.0. The molecule has 2 nitrogen and oxygen atoms in total. The van der Waals surface area contributed by atoms with E-state index in [-0.39, 0.29) is 0 Å². The van der Waals surface area contributed by atoms with Crippen molar-refractivity contribution in [3.05, 3.63) is 0 Å². The minimum Gasteiger partial charge on any atom is -0.329 e. The monoisotopic (exact) mass is 254 g/mol. The standard InChI is InChI=1S/C16H34N2/c1-5-6-7-11-18(4)16(13-17)10-8-9-15(12-16)14(2)3/h14-15H,5-13,17H2,1-4H3. The van der Waals surface area contributed by atoms with Crippen LogP contribution in [0.5, 0.6) is 0 Å². The van der Waals surface area contributed by atoms with E-state index in [2.05, 4.69) is 32.7 Å². The smallest absolute Gasteiger partial charge is 0.0331 e. The van der Waals surface area contributed by atoms with Crippen molar-refractivity contribution in [3.63, 3.8) is 0 Å². The molecule has 1 aliphatic carbocycles. The van der Waals surface area contributed by atoms with Crippen molar-refractivity contribution in [1.29, 1.82) is 0 Å². The molecule has 2 heteroatoms. The second-order valence-electron chi connectivity index (χ2n) is 6.66. The summed E-state index contributed by atoms with van der Waals surface area (Å²) < 4.78 is 0. The second-order valence-corrected chi connectivity index (χ2v) is 6.66. The van der Waals surface area contributed by atoms with Crippen LogP contribution in [0.15, 0.2) is 0 Å². The van der Waals surface area contributed by atoms with Crippen molar-refractivity contribution in [2.75, 3.05) is 20.1 Å². The van der Waals surface area contributed by atoms with Gasteiger partial charge >= 0.3 is 0 Å². The number of likely N-dealkylation sites (N-methyl/N-ethyl adjacent to an activating group) is 1. The highest BCUT2D eigenvalue weighted by molar-refractivity contribution is 4.96. The molecule has 1 saturated carbocycles. The van der Waals surface area contributed by atoms with Crippen molar-refractivity contribution < 1.29 is 0 Å². The maximum absolute atomic E-state index is 6.16. The molecule has 0 heterocycles. The molecular formula is C16H34N2. The molecule has 1 aliphatic rings. The van der Waals surface area contributed by atoms with Gasteiger partial charge in [0.05, 0.1) is 0 Å². The zero-order valence-corrected chi connectivity index (χ0v) is 13.0. The van der Waals surface area contributed by atoms with E-state index in [9.17, 15) is 0 Å². The van der Waals surface area contributed by atoms with Crippen LogP contribution in [0.25, 0.3) is 0 Å². The van der Waals surface area contributed by atoms with E-state index in [0.29, 0.717) is 5.54 Å². The highest BCUT2D eigenvalue weighted by Gasteiger charge is 2.38. The van der Waals surface area contributed by atoms with Gasteiger partial charge in [0, 0.05) is 12.1 Å². The van der Waals surface area contributed by atoms with Crippen molar-refractivity contribution >= 4 is 0 Å². The maximum atomic E-state index is 6.16. The molecule has 2 atom stereocenters. The summed E-state index contributed by atoms with van der Waals surface area (Å²) in [4.78, 5) is 2.58. The molecule has 0 amide bonds. The van der Waals surface area contributed by atoms with Crippen LogP contribution in [-0.4, -0.2) is 30.6 Å². The average molecular weight is 254 g/mol. The minimum atomic E-state index is 0.293. The Kier molecular flexibility index (Phi) is 6.65. The van der Waals surface area contributed by atoms with Crippen LogP contribution in [-0.2, 0) is 0 Å². The zero-order chi connectivity index (χ0) is 13.6. The quantitative estimate of drug-likeness (QED) is 0.703. The van der Waals surface area contributed by atoms with Gasteiger partial charge in [-0.25, -0.2) is 0 Å². The molecule has 0 aromatic rings. The largest absolute Gasteiger partial charge is 0.329 e. The molecule has 0 bridgehead atoms. The summed E-state index contributed by atoms with van der Waals surface area (Å²) in [5.74, 6) is 1.68.